The van der Waals surface area contributed by atoms with Crippen molar-refractivity contribution in [1.29, 1.82) is 0 Å². The Morgan fingerprint density at radius 2 is 1.94 bits per heavy atom. The van der Waals surface area contributed by atoms with E-state index in [1.807, 2.05) is 0 Å². The van der Waals surface area contributed by atoms with E-state index in [4.69, 9.17) is 5.73 Å². The number of rotatable bonds is 2. The summed E-state index contributed by atoms with van der Waals surface area (Å²) < 4.78 is 26.1. The van der Waals surface area contributed by atoms with Crippen LogP contribution in [0.25, 0.3) is 0 Å². The van der Waals surface area contributed by atoms with Gasteiger partial charge in [0.1, 0.15) is 0 Å². The average molecular weight is 265 g/mol. The molecule has 0 aliphatic heterocycles. The molecule has 94 valence electrons. The first-order valence-corrected chi connectivity index (χ1v) is 6.79. The zero-order valence-corrected chi connectivity index (χ0v) is 10.6. The van der Waals surface area contributed by atoms with Gasteiger partial charge in [-0.05, 0) is 48.6 Å². The molecule has 0 fully saturated rings. The predicted octanol–water partition coefficient (Wildman–Crippen LogP) is 3.56. The molecule has 1 aromatic heterocycles. The van der Waals surface area contributed by atoms with Crippen molar-refractivity contribution in [2.24, 2.45) is 5.73 Å². The van der Waals surface area contributed by atoms with E-state index >= 15 is 0 Å². The minimum Gasteiger partial charge on any atom is -0.320 e. The second-order valence-corrected chi connectivity index (χ2v) is 5.77. The van der Waals surface area contributed by atoms with Gasteiger partial charge in [-0.15, -0.1) is 11.3 Å². The summed E-state index contributed by atoms with van der Waals surface area (Å²) in [6.45, 7) is 0. The zero-order valence-electron chi connectivity index (χ0n) is 9.75. The fraction of sp³-hybridized carbons (Fsp3) is 0.286. The lowest BCUT2D eigenvalue weighted by Gasteiger charge is -2.10. The lowest BCUT2D eigenvalue weighted by Crippen LogP contribution is -2.10. The van der Waals surface area contributed by atoms with Crippen molar-refractivity contribution < 1.29 is 8.78 Å². The van der Waals surface area contributed by atoms with E-state index in [1.165, 1.54) is 22.9 Å². The highest BCUT2D eigenvalue weighted by Gasteiger charge is 2.19. The number of fused-ring (bicyclic) bond motifs is 1. The Kier molecular flexibility index (Phi) is 2.92. The van der Waals surface area contributed by atoms with E-state index in [2.05, 4.69) is 6.07 Å². The first-order chi connectivity index (χ1) is 8.65. The minimum absolute atomic E-state index is 0.365. The van der Waals surface area contributed by atoms with Crippen LogP contribution in [0.15, 0.2) is 24.3 Å². The number of halogens is 2. The van der Waals surface area contributed by atoms with Gasteiger partial charge in [-0.1, -0.05) is 6.07 Å². The normalized spacial score (nSPS) is 15.7. The van der Waals surface area contributed by atoms with Gasteiger partial charge in [-0.2, -0.15) is 0 Å². The van der Waals surface area contributed by atoms with Gasteiger partial charge < -0.3 is 5.73 Å². The molecule has 2 aromatic rings. The smallest absolute Gasteiger partial charge is 0.159 e. The second kappa shape index (κ2) is 4.44. The molecule has 3 rings (SSSR count). The Labute approximate surface area is 108 Å². The molecule has 0 radical (unpaired) electrons. The molecular formula is C14H13F2NS. The summed E-state index contributed by atoms with van der Waals surface area (Å²) in [5.41, 5.74) is 8.11. The maximum atomic E-state index is 13.2. The molecule has 18 heavy (non-hydrogen) atoms. The quantitative estimate of drug-likeness (QED) is 0.882. The zero-order chi connectivity index (χ0) is 12.7. The number of thiophene rings is 1. The van der Waals surface area contributed by atoms with Crippen LogP contribution in [0.4, 0.5) is 8.78 Å². The van der Waals surface area contributed by atoms with Gasteiger partial charge in [-0.25, -0.2) is 8.78 Å². The Morgan fingerprint density at radius 1 is 1.11 bits per heavy atom. The minimum atomic E-state index is -0.841. The van der Waals surface area contributed by atoms with Crippen LogP contribution in [0.1, 0.15) is 33.3 Å². The van der Waals surface area contributed by atoms with E-state index in [0.717, 1.165) is 23.8 Å². The Balaban J connectivity index is 1.93. The molecular weight excluding hydrogens is 252 g/mol. The molecule has 1 atom stereocenters. The molecule has 0 saturated heterocycles. The van der Waals surface area contributed by atoms with Crippen LogP contribution in [0.5, 0.6) is 0 Å². The number of aryl methyl sites for hydroxylation is 2. The molecule has 2 N–H and O–H groups in total. The van der Waals surface area contributed by atoms with Crippen molar-refractivity contribution in [3.05, 3.63) is 56.8 Å². The first kappa shape index (κ1) is 11.8. The summed E-state index contributed by atoms with van der Waals surface area (Å²) in [6, 6.07) is 5.61. The topological polar surface area (TPSA) is 26.0 Å². The summed E-state index contributed by atoms with van der Waals surface area (Å²) in [7, 11) is 0. The summed E-state index contributed by atoms with van der Waals surface area (Å²) >= 11 is 1.69. The van der Waals surface area contributed by atoms with Crippen LogP contribution in [0, 0.1) is 11.6 Å². The summed E-state index contributed by atoms with van der Waals surface area (Å²) in [5, 5.41) is 0. The Hall–Kier alpha value is -1.26. The van der Waals surface area contributed by atoms with Crippen LogP contribution in [0.3, 0.4) is 0 Å². The summed E-state index contributed by atoms with van der Waals surface area (Å²) in [4.78, 5) is 2.42. The fourth-order valence-electron chi connectivity index (χ4n) is 2.38. The molecule has 0 saturated carbocycles. The highest BCUT2D eigenvalue weighted by atomic mass is 32.1. The third-order valence-corrected chi connectivity index (χ3v) is 4.70. The third-order valence-electron chi connectivity index (χ3n) is 3.37. The second-order valence-electron chi connectivity index (χ2n) is 4.60. The third kappa shape index (κ3) is 1.95. The number of nitrogens with two attached hydrogens (primary N) is 1. The van der Waals surface area contributed by atoms with Crippen molar-refractivity contribution in [2.45, 2.75) is 25.3 Å². The molecule has 1 aliphatic rings. The van der Waals surface area contributed by atoms with Gasteiger partial charge in [0, 0.05) is 9.75 Å². The molecule has 1 nitrogen and oxygen atoms in total. The van der Waals surface area contributed by atoms with Gasteiger partial charge in [0.2, 0.25) is 0 Å². The maximum Gasteiger partial charge on any atom is 0.159 e. The van der Waals surface area contributed by atoms with Gasteiger partial charge in [-0.3, -0.25) is 0 Å². The van der Waals surface area contributed by atoms with E-state index in [0.29, 0.717) is 5.56 Å². The maximum absolute atomic E-state index is 13.2. The first-order valence-electron chi connectivity index (χ1n) is 5.97. The fourth-order valence-corrected chi connectivity index (χ4v) is 3.66. The lowest BCUT2D eigenvalue weighted by molar-refractivity contribution is 0.506. The van der Waals surface area contributed by atoms with E-state index in [-0.39, 0.29) is 6.04 Å². The van der Waals surface area contributed by atoms with Crippen LogP contribution < -0.4 is 5.73 Å². The van der Waals surface area contributed by atoms with Gasteiger partial charge in [0.05, 0.1) is 6.04 Å². The van der Waals surface area contributed by atoms with Crippen LogP contribution in [0.2, 0.25) is 0 Å². The largest absolute Gasteiger partial charge is 0.320 e. The summed E-state index contributed by atoms with van der Waals surface area (Å²) in [5.74, 6) is -1.67. The van der Waals surface area contributed by atoms with Crippen molar-refractivity contribution in [1.82, 2.24) is 0 Å². The van der Waals surface area contributed by atoms with Gasteiger partial charge in [0.25, 0.3) is 0 Å². The van der Waals surface area contributed by atoms with E-state index in [9.17, 15) is 8.78 Å². The van der Waals surface area contributed by atoms with Crippen molar-refractivity contribution >= 4 is 11.3 Å². The van der Waals surface area contributed by atoms with Crippen LogP contribution >= 0.6 is 11.3 Å². The molecule has 4 heteroatoms. The monoisotopic (exact) mass is 265 g/mol. The number of benzene rings is 1. The Bertz CT molecular complexity index is 570. The van der Waals surface area contributed by atoms with Crippen molar-refractivity contribution in [3.8, 4) is 0 Å². The highest BCUT2D eigenvalue weighted by molar-refractivity contribution is 7.12. The standard InChI is InChI=1S/C14H13F2NS/c15-10-5-4-9(6-11(10)16)14(17)13-7-8-2-1-3-12(8)18-13/h4-7,14H,1-3,17H2. The lowest BCUT2D eigenvalue weighted by atomic mass is 10.1. The summed E-state index contributed by atoms with van der Waals surface area (Å²) in [6.07, 6.45) is 3.43. The molecule has 1 unspecified atom stereocenters. The molecule has 0 spiro atoms. The molecule has 1 heterocycles. The highest BCUT2D eigenvalue weighted by Crippen LogP contribution is 2.35. The van der Waals surface area contributed by atoms with Crippen LogP contribution in [-0.4, -0.2) is 0 Å². The SMILES string of the molecule is NC(c1ccc(F)c(F)c1)c1cc2c(s1)CCC2. The van der Waals surface area contributed by atoms with Gasteiger partial charge in [0.15, 0.2) is 11.6 Å². The molecule has 0 amide bonds. The molecule has 0 bridgehead atoms. The average Bonchev–Trinajstić information content (AvgIpc) is 2.92. The van der Waals surface area contributed by atoms with Gasteiger partial charge >= 0.3 is 0 Å². The Morgan fingerprint density at radius 3 is 2.67 bits per heavy atom. The van der Waals surface area contributed by atoms with E-state index in [1.54, 1.807) is 17.4 Å². The molecule has 1 aromatic carbocycles. The van der Waals surface area contributed by atoms with Crippen molar-refractivity contribution in [2.75, 3.05) is 0 Å². The number of hydrogen-bond donors (Lipinski definition) is 1. The van der Waals surface area contributed by atoms with Crippen LogP contribution in [-0.2, 0) is 12.8 Å². The van der Waals surface area contributed by atoms with E-state index < -0.39 is 11.6 Å². The number of hydrogen-bond acceptors (Lipinski definition) is 2. The molecule has 1 aliphatic carbocycles. The predicted molar refractivity (Wildman–Crippen MR) is 68.7 cm³/mol. The van der Waals surface area contributed by atoms with Crippen molar-refractivity contribution in [3.63, 3.8) is 0 Å².